The Morgan fingerprint density at radius 2 is 2.30 bits per heavy atom. The first-order valence-electron chi connectivity index (χ1n) is 6.85. The average Bonchev–Trinajstić information content (AvgIpc) is 2.46. The Kier molecular flexibility index (Phi) is 5.31. The van der Waals surface area contributed by atoms with Gasteiger partial charge in [-0.2, -0.15) is 0 Å². The fourth-order valence-corrected chi connectivity index (χ4v) is 3.57. The van der Waals surface area contributed by atoms with Crippen LogP contribution in [0.4, 0.5) is 0 Å². The van der Waals surface area contributed by atoms with Crippen molar-refractivity contribution in [3.63, 3.8) is 0 Å². The number of benzene rings is 1. The Morgan fingerprint density at radius 1 is 1.50 bits per heavy atom. The van der Waals surface area contributed by atoms with E-state index >= 15 is 0 Å². The van der Waals surface area contributed by atoms with Gasteiger partial charge in [-0.05, 0) is 43.0 Å². The van der Waals surface area contributed by atoms with E-state index in [0.717, 1.165) is 18.6 Å². The molecular formula is C15H21NO3S. The van der Waals surface area contributed by atoms with E-state index in [0.29, 0.717) is 12.4 Å². The van der Waals surface area contributed by atoms with Crippen molar-refractivity contribution in [2.75, 3.05) is 19.5 Å². The number of carbonyl (C=O) groups is 1. The zero-order chi connectivity index (χ0) is 14.5. The summed E-state index contributed by atoms with van der Waals surface area (Å²) in [6.45, 7) is 2.25. The third kappa shape index (κ3) is 3.46. The molecule has 0 saturated heterocycles. The summed E-state index contributed by atoms with van der Waals surface area (Å²) < 4.78 is 10.2. The fourth-order valence-electron chi connectivity index (χ4n) is 2.49. The number of ether oxygens (including phenoxy) is 2. The normalized spacial score (nSPS) is 21.1. The molecule has 4 nitrogen and oxygen atoms in total. The molecule has 1 aromatic carbocycles. The third-order valence-corrected chi connectivity index (χ3v) is 4.89. The van der Waals surface area contributed by atoms with Crippen molar-refractivity contribution in [1.82, 2.24) is 0 Å². The first-order chi connectivity index (χ1) is 9.65. The van der Waals surface area contributed by atoms with Gasteiger partial charge in [-0.3, -0.25) is 4.79 Å². The second-order valence-corrected chi connectivity index (χ2v) is 6.01. The number of fused-ring (bicyclic) bond motifs is 1. The van der Waals surface area contributed by atoms with Crippen LogP contribution in [0.1, 0.15) is 30.5 Å². The van der Waals surface area contributed by atoms with Crippen molar-refractivity contribution >= 4 is 17.7 Å². The standard InChI is InChI=1S/C15H21NO3S/c1-3-19-14(17)9-20-13-7-4-10-8-11(18-2)5-6-12(10)15(13)16/h5-6,8,13,15H,3-4,7,9,16H2,1-2H3. The molecule has 0 aliphatic heterocycles. The summed E-state index contributed by atoms with van der Waals surface area (Å²) in [5.74, 6) is 1.08. The smallest absolute Gasteiger partial charge is 0.315 e. The minimum absolute atomic E-state index is 0.0379. The molecule has 2 rings (SSSR count). The molecule has 110 valence electrons. The molecular weight excluding hydrogens is 274 g/mol. The van der Waals surface area contributed by atoms with Crippen LogP contribution in [0.2, 0.25) is 0 Å². The van der Waals surface area contributed by atoms with Gasteiger partial charge in [0.2, 0.25) is 0 Å². The van der Waals surface area contributed by atoms with Crippen molar-refractivity contribution in [1.29, 1.82) is 0 Å². The highest BCUT2D eigenvalue weighted by atomic mass is 32.2. The molecule has 0 spiro atoms. The molecule has 1 aliphatic rings. The summed E-state index contributed by atoms with van der Waals surface area (Å²) in [5, 5.41) is 0.264. The fraction of sp³-hybridized carbons (Fsp3) is 0.533. The molecule has 2 unspecified atom stereocenters. The van der Waals surface area contributed by atoms with Crippen LogP contribution in [-0.2, 0) is 16.0 Å². The molecule has 1 aromatic rings. The number of carbonyl (C=O) groups excluding carboxylic acids is 1. The predicted octanol–water partition coefficient (Wildman–Crippen LogP) is 2.31. The van der Waals surface area contributed by atoms with Crippen LogP contribution in [-0.4, -0.2) is 30.7 Å². The first-order valence-corrected chi connectivity index (χ1v) is 7.90. The highest BCUT2D eigenvalue weighted by Crippen LogP contribution is 2.36. The number of hydrogen-bond acceptors (Lipinski definition) is 5. The van der Waals surface area contributed by atoms with Gasteiger partial charge >= 0.3 is 5.97 Å². The number of nitrogens with two attached hydrogens (primary N) is 1. The SMILES string of the molecule is CCOC(=O)CSC1CCc2cc(OC)ccc2C1N. The topological polar surface area (TPSA) is 61.5 Å². The summed E-state index contributed by atoms with van der Waals surface area (Å²) in [6, 6.07) is 6.00. The Labute approximate surface area is 124 Å². The molecule has 0 fully saturated rings. The zero-order valence-corrected chi connectivity index (χ0v) is 12.7. The molecule has 2 N–H and O–H groups in total. The second-order valence-electron chi connectivity index (χ2n) is 4.78. The van der Waals surface area contributed by atoms with Crippen LogP contribution in [0.25, 0.3) is 0 Å². The molecule has 0 heterocycles. The average molecular weight is 295 g/mol. The molecule has 5 heteroatoms. The highest BCUT2D eigenvalue weighted by Gasteiger charge is 2.28. The molecule has 0 amide bonds. The van der Waals surface area contributed by atoms with E-state index < -0.39 is 0 Å². The first kappa shape index (κ1) is 15.2. The van der Waals surface area contributed by atoms with E-state index in [1.165, 1.54) is 11.1 Å². The summed E-state index contributed by atoms with van der Waals surface area (Å²) in [4.78, 5) is 11.4. The second kappa shape index (κ2) is 6.99. The largest absolute Gasteiger partial charge is 0.497 e. The molecule has 0 radical (unpaired) electrons. The maximum absolute atomic E-state index is 11.4. The van der Waals surface area contributed by atoms with Crippen LogP contribution in [0.15, 0.2) is 18.2 Å². The van der Waals surface area contributed by atoms with Crippen LogP contribution < -0.4 is 10.5 Å². The molecule has 0 aromatic heterocycles. The molecule has 20 heavy (non-hydrogen) atoms. The van der Waals surface area contributed by atoms with Gasteiger partial charge < -0.3 is 15.2 Å². The number of rotatable bonds is 5. The summed E-state index contributed by atoms with van der Waals surface area (Å²) in [7, 11) is 1.67. The van der Waals surface area contributed by atoms with Gasteiger partial charge in [0.15, 0.2) is 0 Å². The Morgan fingerprint density at radius 3 is 3.00 bits per heavy atom. The van der Waals surface area contributed by atoms with Crippen LogP contribution in [0.5, 0.6) is 5.75 Å². The van der Waals surface area contributed by atoms with Gasteiger partial charge in [-0.1, -0.05) is 6.07 Å². The van der Waals surface area contributed by atoms with Gasteiger partial charge in [-0.25, -0.2) is 0 Å². The third-order valence-electron chi connectivity index (χ3n) is 3.53. The number of methoxy groups -OCH3 is 1. The van der Waals surface area contributed by atoms with Gasteiger partial charge in [0.25, 0.3) is 0 Å². The van der Waals surface area contributed by atoms with Crippen LogP contribution in [0, 0.1) is 0 Å². The van der Waals surface area contributed by atoms with Gasteiger partial charge in [0.05, 0.1) is 19.5 Å². The zero-order valence-electron chi connectivity index (χ0n) is 11.9. The van der Waals surface area contributed by atoms with Gasteiger partial charge in [-0.15, -0.1) is 11.8 Å². The summed E-state index contributed by atoms with van der Waals surface area (Å²) >= 11 is 1.60. The highest BCUT2D eigenvalue weighted by molar-refractivity contribution is 8.00. The van der Waals surface area contributed by atoms with E-state index in [1.807, 2.05) is 19.1 Å². The van der Waals surface area contributed by atoms with Crippen molar-refractivity contribution < 1.29 is 14.3 Å². The van der Waals surface area contributed by atoms with Gasteiger partial charge in [0.1, 0.15) is 5.75 Å². The number of hydrogen-bond donors (Lipinski definition) is 1. The van der Waals surface area contributed by atoms with Crippen LogP contribution in [0.3, 0.4) is 0 Å². The minimum atomic E-state index is -0.162. The van der Waals surface area contributed by atoms with E-state index in [9.17, 15) is 4.79 Å². The maximum Gasteiger partial charge on any atom is 0.315 e. The lowest BCUT2D eigenvalue weighted by molar-refractivity contribution is -0.139. The predicted molar refractivity (Wildman–Crippen MR) is 81.1 cm³/mol. The van der Waals surface area contributed by atoms with Crippen molar-refractivity contribution in [3.05, 3.63) is 29.3 Å². The van der Waals surface area contributed by atoms with Crippen LogP contribution >= 0.6 is 11.8 Å². The van der Waals surface area contributed by atoms with E-state index in [-0.39, 0.29) is 17.3 Å². The maximum atomic E-state index is 11.4. The number of aryl methyl sites for hydroxylation is 1. The van der Waals surface area contributed by atoms with Gasteiger partial charge in [0, 0.05) is 11.3 Å². The van der Waals surface area contributed by atoms with E-state index in [2.05, 4.69) is 6.07 Å². The van der Waals surface area contributed by atoms with Crippen molar-refractivity contribution in [2.45, 2.75) is 31.1 Å². The van der Waals surface area contributed by atoms with Crippen molar-refractivity contribution in [2.24, 2.45) is 5.73 Å². The molecule has 0 saturated carbocycles. The summed E-state index contributed by atoms with van der Waals surface area (Å²) in [6.07, 6.45) is 1.95. The molecule has 0 bridgehead atoms. The Bertz CT molecular complexity index is 478. The molecule has 2 atom stereocenters. The van der Waals surface area contributed by atoms with E-state index in [1.54, 1.807) is 18.9 Å². The lowest BCUT2D eigenvalue weighted by atomic mass is 9.87. The monoisotopic (exact) mass is 295 g/mol. The Balaban J connectivity index is 2.00. The quantitative estimate of drug-likeness (QED) is 0.845. The minimum Gasteiger partial charge on any atom is -0.497 e. The van der Waals surface area contributed by atoms with Crippen molar-refractivity contribution in [3.8, 4) is 5.75 Å². The number of esters is 1. The lowest BCUT2D eigenvalue weighted by Gasteiger charge is -2.30. The number of thioether (sulfide) groups is 1. The molecule has 1 aliphatic carbocycles. The van der Waals surface area contributed by atoms with E-state index in [4.69, 9.17) is 15.2 Å². The lowest BCUT2D eigenvalue weighted by Crippen LogP contribution is -2.30. The summed E-state index contributed by atoms with van der Waals surface area (Å²) in [5.41, 5.74) is 8.75. The Hall–Kier alpha value is -1.20.